The standard InChI is InChI=1S/C20H15BrClN3O3/c21-14-3-1-4-16(12-14)28-20-17(5-2-10-23-20)19(27)25-24-18(26)11-13-6-8-15(22)9-7-13/h1-10,12H,11H2,(H,24,26)(H,25,27). The van der Waals surface area contributed by atoms with Crippen molar-refractivity contribution in [1.29, 1.82) is 0 Å². The van der Waals surface area contributed by atoms with Gasteiger partial charge in [-0.2, -0.15) is 0 Å². The fraction of sp³-hybridized carbons (Fsp3) is 0.0500. The van der Waals surface area contributed by atoms with Crippen LogP contribution < -0.4 is 15.6 Å². The lowest BCUT2D eigenvalue weighted by molar-refractivity contribution is -0.121. The van der Waals surface area contributed by atoms with Gasteiger partial charge in [-0.05, 0) is 48.0 Å². The number of pyridine rings is 1. The van der Waals surface area contributed by atoms with Crippen LogP contribution in [0.25, 0.3) is 0 Å². The van der Waals surface area contributed by atoms with Gasteiger partial charge in [0.05, 0.1) is 6.42 Å². The van der Waals surface area contributed by atoms with Gasteiger partial charge in [0.25, 0.3) is 5.91 Å². The van der Waals surface area contributed by atoms with Crippen molar-refractivity contribution < 1.29 is 14.3 Å². The van der Waals surface area contributed by atoms with Gasteiger partial charge in [-0.15, -0.1) is 0 Å². The van der Waals surface area contributed by atoms with Crippen molar-refractivity contribution in [3.05, 3.63) is 87.5 Å². The lowest BCUT2D eigenvalue weighted by Gasteiger charge is -2.11. The zero-order chi connectivity index (χ0) is 19.9. The number of carbonyl (C=O) groups excluding carboxylic acids is 2. The van der Waals surface area contributed by atoms with Crippen molar-refractivity contribution >= 4 is 39.3 Å². The Morgan fingerprint density at radius 3 is 2.57 bits per heavy atom. The lowest BCUT2D eigenvalue weighted by atomic mass is 10.1. The molecule has 0 fully saturated rings. The van der Waals surface area contributed by atoms with Crippen molar-refractivity contribution in [2.24, 2.45) is 0 Å². The molecule has 0 saturated carbocycles. The van der Waals surface area contributed by atoms with Gasteiger partial charge in [0.2, 0.25) is 11.8 Å². The Hall–Kier alpha value is -2.90. The van der Waals surface area contributed by atoms with Crippen LogP contribution in [0.3, 0.4) is 0 Å². The number of carbonyl (C=O) groups is 2. The van der Waals surface area contributed by atoms with Crippen LogP contribution in [0.4, 0.5) is 0 Å². The van der Waals surface area contributed by atoms with E-state index in [0.29, 0.717) is 10.8 Å². The molecule has 0 atom stereocenters. The first-order valence-corrected chi connectivity index (χ1v) is 9.40. The highest BCUT2D eigenvalue weighted by atomic mass is 79.9. The number of amides is 2. The number of hydrazine groups is 1. The van der Waals surface area contributed by atoms with Crippen molar-refractivity contribution in [3.8, 4) is 11.6 Å². The topological polar surface area (TPSA) is 80.3 Å². The van der Waals surface area contributed by atoms with Gasteiger partial charge in [0.1, 0.15) is 11.3 Å². The summed E-state index contributed by atoms with van der Waals surface area (Å²) in [6, 6.07) is 17.2. The van der Waals surface area contributed by atoms with Gasteiger partial charge >= 0.3 is 0 Å². The molecule has 0 spiro atoms. The van der Waals surface area contributed by atoms with Gasteiger partial charge in [-0.1, -0.05) is 45.7 Å². The predicted molar refractivity (Wildman–Crippen MR) is 109 cm³/mol. The van der Waals surface area contributed by atoms with E-state index in [2.05, 4.69) is 31.8 Å². The summed E-state index contributed by atoms with van der Waals surface area (Å²) in [5.74, 6) is -0.254. The number of rotatable bonds is 5. The number of nitrogens with one attached hydrogen (secondary N) is 2. The highest BCUT2D eigenvalue weighted by molar-refractivity contribution is 9.10. The average molecular weight is 461 g/mol. The molecular formula is C20H15BrClN3O3. The number of halogens is 2. The predicted octanol–water partition coefficient (Wildman–Crippen LogP) is 4.29. The number of nitrogens with zero attached hydrogens (tertiary/aromatic N) is 1. The zero-order valence-corrected chi connectivity index (χ0v) is 16.8. The monoisotopic (exact) mass is 459 g/mol. The summed E-state index contributed by atoms with van der Waals surface area (Å²) in [5, 5.41) is 0.590. The maximum absolute atomic E-state index is 12.5. The lowest BCUT2D eigenvalue weighted by Crippen LogP contribution is -2.42. The minimum atomic E-state index is -0.539. The molecule has 2 N–H and O–H groups in total. The summed E-state index contributed by atoms with van der Waals surface area (Å²) < 4.78 is 6.53. The zero-order valence-electron chi connectivity index (χ0n) is 14.5. The summed E-state index contributed by atoms with van der Waals surface area (Å²) in [7, 11) is 0. The second-order valence-corrected chi connectivity index (χ2v) is 7.07. The summed E-state index contributed by atoms with van der Waals surface area (Å²) in [5.41, 5.74) is 5.72. The van der Waals surface area contributed by atoms with Gasteiger partial charge < -0.3 is 4.74 Å². The van der Waals surface area contributed by atoms with E-state index >= 15 is 0 Å². The number of benzene rings is 2. The molecule has 0 unspecified atom stereocenters. The van der Waals surface area contributed by atoms with Crippen LogP contribution >= 0.6 is 27.5 Å². The maximum Gasteiger partial charge on any atom is 0.275 e. The summed E-state index contributed by atoms with van der Waals surface area (Å²) >= 11 is 9.18. The first-order chi connectivity index (χ1) is 13.5. The number of ether oxygens (including phenoxy) is 1. The molecule has 0 radical (unpaired) electrons. The number of hydrogen-bond acceptors (Lipinski definition) is 4. The van der Waals surface area contributed by atoms with Crippen LogP contribution in [0.2, 0.25) is 5.02 Å². The number of aromatic nitrogens is 1. The van der Waals surface area contributed by atoms with Gasteiger partial charge in [0.15, 0.2) is 0 Å². The maximum atomic E-state index is 12.5. The quantitative estimate of drug-likeness (QED) is 0.557. The third-order valence-corrected chi connectivity index (χ3v) is 4.37. The molecule has 1 aromatic heterocycles. The molecule has 28 heavy (non-hydrogen) atoms. The SMILES string of the molecule is O=C(Cc1ccc(Cl)cc1)NNC(=O)c1cccnc1Oc1cccc(Br)c1. The van der Waals surface area contributed by atoms with Crippen molar-refractivity contribution in [2.45, 2.75) is 6.42 Å². The molecule has 1 heterocycles. The molecule has 2 amide bonds. The van der Waals surface area contributed by atoms with Gasteiger partial charge in [-0.25, -0.2) is 4.98 Å². The summed E-state index contributed by atoms with van der Waals surface area (Å²) in [6.45, 7) is 0. The average Bonchev–Trinajstić information content (AvgIpc) is 2.68. The minimum Gasteiger partial charge on any atom is -0.438 e. The van der Waals surface area contributed by atoms with Crippen LogP contribution in [0, 0.1) is 0 Å². The fourth-order valence-corrected chi connectivity index (χ4v) is 2.82. The molecule has 0 aliphatic rings. The second-order valence-electron chi connectivity index (χ2n) is 5.72. The van der Waals surface area contributed by atoms with Crippen LogP contribution in [0.5, 0.6) is 11.6 Å². The molecule has 6 nitrogen and oxygen atoms in total. The van der Waals surface area contributed by atoms with Crippen molar-refractivity contribution in [1.82, 2.24) is 15.8 Å². The highest BCUT2D eigenvalue weighted by Gasteiger charge is 2.15. The third kappa shape index (κ3) is 5.55. The molecule has 142 valence electrons. The third-order valence-electron chi connectivity index (χ3n) is 3.62. The van der Waals surface area contributed by atoms with Crippen molar-refractivity contribution in [2.75, 3.05) is 0 Å². The Balaban J connectivity index is 1.62. The van der Waals surface area contributed by atoms with Crippen LogP contribution in [-0.4, -0.2) is 16.8 Å². The molecule has 3 aromatic rings. The van der Waals surface area contributed by atoms with E-state index in [1.54, 1.807) is 54.6 Å². The van der Waals surface area contributed by atoms with E-state index in [9.17, 15) is 9.59 Å². The minimum absolute atomic E-state index is 0.103. The molecule has 0 bridgehead atoms. The molecule has 0 aliphatic carbocycles. The van der Waals surface area contributed by atoms with E-state index in [1.165, 1.54) is 6.20 Å². The Labute approximate surface area is 175 Å². The van der Waals surface area contributed by atoms with Gasteiger partial charge in [0, 0.05) is 15.7 Å². The Bertz CT molecular complexity index is 996. The Morgan fingerprint density at radius 2 is 1.82 bits per heavy atom. The first-order valence-electron chi connectivity index (χ1n) is 8.23. The van der Waals surface area contributed by atoms with Crippen molar-refractivity contribution in [3.63, 3.8) is 0 Å². The molecule has 2 aromatic carbocycles. The molecular weight excluding hydrogens is 446 g/mol. The number of hydrogen-bond donors (Lipinski definition) is 2. The molecule has 0 saturated heterocycles. The van der Waals surface area contributed by atoms with E-state index < -0.39 is 5.91 Å². The Morgan fingerprint density at radius 1 is 1.04 bits per heavy atom. The fourth-order valence-electron chi connectivity index (χ4n) is 2.31. The molecule has 0 aliphatic heterocycles. The molecule has 8 heteroatoms. The van der Waals surface area contributed by atoms with Crippen LogP contribution in [0.1, 0.15) is 15.9 Å². The normalized spacial score (nSPS) is 10.2. The summed E-state index contributed by atoms with van der Waals surface area (Å²) in [4.78, 5) is 28.6. The van der Waals surface area contributed by atoms with Gasteiger partial charge in [-0.3, -0.25) is 20.4 Å². The van der Waals surface area contributed by atoms with E-state index in [4.69, 9.17) is 16.3 Å². The van der Waals surface area contributed by atoms with E-state index in [0.717, 1.165) is 10.0 Å². The van der Waals surface area contributed by atoms with Crippen LogP contribution in [0.15, 0.2) is 71.3 Å². The van der Waals surface area contributed by atoms with E-state index in [1.807, 2.05) is 6.07 Å². The smallest absolute Gasteiger partial charge is 0.275 e. The highest BCUT2D eigenvalue weighted by Crippen LogP contribution is 2.25. The first kappa shape index (κ1) is 19.9. The summed E-state index contributed by atoms with van der Waals surface area (Å²) in [6.07, 6.45) is 1.62. The second kappa shape index (κ2) is 9.34. The van der Waals surface area contributed by atoms with Crippen LogP contribution in [-0.2, 0) is 11.2 Å². The Kier molecular flexibility index (Phi) is 6.62. The largest absolute Gasteiger partial charge is 0.438 e. The molecule has 3 rings (SSSR count). The van der Waals surface area contributed by atoms with E-state index in [-0.39, 0.29) is 23.8 Å².